The summed E-state index contributed by atoms with van der Waals surface area (Å²) in [6, 6.07) is 7.63. The third-order valence-electron chi connectivity index (χ3n) is 5.51. The minimum absolute atomic E-state index is 0.427. The van der Waals surface area contributed by atoms with Gasteiger partial charge >= 0.3 is 0 Å². The first-order valence-corrected chi connectivity index (χ1v) is 8.62. The van der Waals surface area contributed by atoms with Crippen molar-refractivity contribution >= 4 is 0 Å². The molecule has 0 amide bonds. The van der Waals surface area contributed by atoms with Crippen molar-refractivity contribution in [3.05, 3.63) is 34.9 Å². The quantitative estimate of drug-likeness (QED) is 0.870. The van der Waals surface area contributed by atoms with Gasteiger partial charge < -0.3 is 5.73 Å². The summed E-state index contributed by atoms with van der Waals surface area (Å²) in [7, 11) is 0. The predicted molar refractivity (Wildman–Crippen MR) is 85.9 cm³/mol. The van der Waals surface area contributed by atoms with Crippen LogP contribution in [0.15, 0.2) is 18.2 Å². The number of benzene rings is 1. The summed E-state index contributed by atoms with van der Waals surface area (Å²) in [6.45, 7) is 2.31. The van der Waals surface area contributed by atoms with Gasteiger partial charge in [-0.1, -0.05) is 38.0 Å². The van der Waals surface area contributed by atoms with Gasteiger partial charge in [-0.25, -0.2) is 0 Å². The van der Waals surface area contributed by atoms with Gasteiger partial charge in [0.05, 0.1) is 0 Å². The summed E-state index contributed by atoms with van der Waals surface area (Å²) in [4.78, 5) is 0. The molecule has 3 rings (SSSR count). The van der Waals surface area contributed by atoms with E-state index in [2.05, 4.69) is 25.1 Å². The molecule has 110 valence electrons. The van der Waals surface area contributed by atoms with Crippen molar-refractivity contribution in [1.82, 2.24) is 0 Å². The Kier molecular flexibility index (Phi) is 4.45. The summed E-state index contributed by atoms with van der Waals surface area (Å²) in [5.74, 6) is 1.64. The number of fused-ring (bicyclic) bond motifs is 1. The summed E-state index contributed by atoms with van der Waals surface area (Å²) in [6.07, 6.45) is 11.8. The molecule has 0 bridgehead atoms. The first-order chi connectivity index (χ1) is 9.76. The number of aryl methyl sites for hydroxylation is 2. The Hall–Kier alpha value is -0.820. The molecule has 20 heavy (non-hydrogen) atoms. The van der Waals surface area contributed by atoms with E-state index in [0.29, 0.717) is 12.0 Å². The largest absolute Gasteiger partial charge is 0.327 e. The summed E-state index contributed by atoms with van der Waals surface area (Å²) < 4.78 is 0. The molecule has 0 spiro atoms. The zero-order valence-corrected chi connectivity index (χ0v) is 12.9. The lowest BCUT2D eigenvalue weighted by Gasteiger charge is -2.34. The summed E-state index contributed by atoms with van der Waals surface area (Å²) >= 11 is 0. The molecule has 0 aromatic heterocycles. The minimum Gasteiger partial charge on any atom is -0.327 e. The number of hydrogen-bond donors (Lipinski definition) is 1. The van der Waals surface area contributed by atoms with Gasteiger partial charge in [0.25, 0.3) is 0 Å². The highest BCUT2D eigenvalue weighted by molar-refractivity contribution is 5.35. The molecule has 0 radical (unpaired) electrons. The fourth-order valence-corrected chi connectivity index (χ4v) is 4.34. The summed E-state index contributed by atoms with van der Waals surface area (Å²) in [5.41, 5.74) is 11.1. The Labute approximate surface area is 124 Å². The maximum absolute atomic E-state index is 6.40. The SMILES string of the molecule is CCCC1CCC(N)C(Cc2ccc3c(c2)CCC3)C1. The van der Waals surface area contributed by atoms with Crippen molar-refractivity contribution in [1.29, 1.82) is 0 Å². The zero-order valence-electron chi connectivity index (χ0n) is 12.9. The Morgan fingerprint density at radius 2 is 2.00 bits per heavy atom. The van der Waals surface area contributed by atoms with E-state index in [1.165, 1.54) is 63.4 Å². The first-order valence-electron chi connectivity index (χ1n) is 8.62. The fourth-order valence-electron chi connectivity index (χ4n) is 4.34. The van der Waals surface area contributed by atoms with Crippen LogP contribution in [-0.4, -0.2) is 6.04 Å². The van der Waals surface area contributed by atoms with Gasteiger partial charge in [-0.15, -0.1) is 0 Å². The van der Waals surface area contributed by atoms with Crippen LogP contribution in [0.4, 0.5) is 0 Å². The standard InChI is InChI=1S/C19H29N/c1-2-4-14-8-10-19(20)18(11-14)13-15-7-9-16-5-3-6-17(16)12-15/h7,9,12,14,18-19H,2-6,8,10-11,13,20H2,1H3. The van der Waals surface area contributed by atoms with Gasteiger partial charge in [-0.2, -0.15) is 0 Å². The molecule has 3 unspecified atom stereocenters. The second-order valence-corrected chi connectivity index (χ2v) is 7.05. The third kappa shape index (κ3) is 3.09. The van der Waals surface area contributed by atoms with Crippen molar-refractivity contribution in [3.63, 3.8) is 0 Å². The van der Waals surface area contributed by atoms with Crippen LogP contribution in [-0.2, 0) is 19.3 Å². The molecular formula is C19H29N. The van der Waals surface area contributed by atoms with Gasteiger partial charge in [-0.3, -0.25) is 0 Å². The highest BCUT2D eigenvalue weighted by Crippen LogP contribution is 2.34. The van der Waals surface area contributed by atoms with Crippen LogP contribution in [0.3, 0.4) is 0 Å². The van der Waals surface area contributed by atoms with Crippen molar-refractivity contribution in [2.75, 3.05) is 0 Å². The van der Waals surface area contributed by atoms with E-state index in [1.54, 1.807) is 11.1 Å². The Morgan fingerprint density at radius 1 is 1.15 bits per heavy atom. The Bertz CT molecular complexity index is 451. The number of hydrogen-bond acceptors (Lipinski definition) is 1. The van der Waals surface area contributed by atoms with Gasteiger partial charge in [0.2, 0.25) is 0 Å². The molecular weight excluding hydrogens is 242 g/mol. The monoisotopic (exact) mass is 271 g/mol. The zero-order chi connectivity index (χ0) is 13.9. The number of rotatable bonds is 4. The second kappa shape index (κ2) is 6.30. The van der Waals surface area contributed by atoms with Gasteiger partial charge in [-0.05, 0) is 73.5 Å². The Morgan fingerprint density at radius 3 is 2.85 bits per heavy atom. The molecule has 1 aromatic rings. The second-order valence-electron chi connectivity index (χ2n) is 7.05. The van der Waals surface area contributed by atoms with E-state index >= 15 is 0 Å². The lowest BCUT2D eigenvalue weighted by Crippen LogP contribution is -2.37. The first kappa shape index (κ1) is 14.1. The van der Waals surface area contributed by atoms with E-state index in [4.69, 9.17) is 5.73 Å². The van der Waals surface area contributed by atoms with Gasteiger partial charge in [0.15, 0.2) is 0 Å². The molecule has 0 saturated heterocycles. The van der Waals surface area contributed by atoms with Crippen LogP contribution >= 0.6 is 0 Å². The van der Waals surface area contributed by atoms with E-state index in [0.717, 1.165) is 5.92 Å². The normalized spacial score (nSPS) is 29.4. The molecule has 0 aliphatic heterocycles. The lowest BCUT2D eigenvalue weighted by molar-refractivity contribution is 0.221. The van der Waals surface area contributed by atoms with Gasteiger partial charge in [0, 0.05) is 6.04 Å². The van der Waals surface area contributed by atoms with Crippen LogP contribution in [0.5, 0.6) is 0 Å². The molecule has 1 aromatic carbocycles. The highest BCUT2D eigenvalue weighted by Gasteiger charge is 2.28. The molecule has 1 saturated carbocycles. The van der Waals surface area contributed by atoms with Gasteiger partial charge in [0.1, 0.15) is 0 Å². The molecule has 2 aliphatic carbocycles. The van der Waals surface area contributed by atoms with Crippen LogP contribution in [0.1, 0.15) is 62.1 Å². The van der Waals surface area contributed by atoms with Crippen LogP contribution < -0.4 is 5.73 Å². The van der Waals surface area contributed by atoms with E-state index in [9.17, 15) is 0 Å². The average molecular weight is 271 g/mol. The van der Waals surface area contributed by atoms with Crippen molar-refractivity contribution in [3.8, 4) is 0 Å². The molecule has 0 heterocycles. The molecule has 1 fully saturated rings. The van der Waals surface area contributed by atoms with Crippen molar-refractivity contribution in [2.45, 2.75) is 70.8 Å². The van der Waals surface area contributed by atoms with E-state index in [-0.39, 0.29) is 0 Å². The molecule has 1 nitrogen and oxygen atoms in total. The molecule has 3 atom stereocenters. The fraction of sp³-hybridized carbons (Fsp3) is 0.684. The van der Waals surface area contributed by atoms with Crippen LogP contribution in [0.2, 0.25) is 0 Å². The highest BCUT2D eigenvalue weighted by atomic mass is 14.7. The molecule has 1 heteroatoms. The Balaban J connectivity index is 1.66. The van der Waals surface area contributed by atoms with Crippen molar-refractivity contribution < 1.29 is 0 Å². The molecule has 2 N–H and O–H groups in total. The molecule has 2 aliphatic rings. The maximum Gasteiger partial charge on any atom is 0.00705 e. The predicted octanol–water partition coefficient (Wildman–Crippen LogP) is 4.26. The van der Waals surface area contributed by atoms with E-state index < -0.39 is 0 Å². The third-order valence-corrected chi connectivity index (χ3v) is 5.51. The minimum atomic E-state index is 0.427. The smallest absolute Gasteiger partial charge is 0.00705 e. The van der Waals surface area contributed by atoms with Crippen LogP contribution in [0.25, 0.3) is 0 Å². The average Bonchev–Trinajstić information content (AvgIpc) is 2.90. The maximum atomic E-state index is 6.40. The van der Waals surface area contributed by atoms with Crippen molar-refractivity contribution in [2.24, 2.45) is 17.6 Å². The van der Waals surface area contributed by atoms with E-state index in [1.807, 2.05) is 0 Å². The lowest BCUT2D eigenvalue weighted by atomic mass is 9.74. The summed E-state index contributed by atoms with van der Waals surface area (Å²) in [5, 5.41) is 0. The topological polar surface area (TPSA) is 26.0 Å². The van der Waals surface area contributed by atoms with Crippen LogP contribution in [0, 0.1) is 11.8 Å². The number of nitrogens with two attached hydrogens (primary N) is 1.